The van der Waals surface area contributed by atoms with E-state index >= 15 is 0 Å². The van der Waals surface area contributed by atoms with E-state index in [0.717, 1.165) is 4.88 Å². The second-order valence-electron chi connectivity index (χ2n) is 2.94. The van der Waals surface area contributed by atoms with Crippen molar-refractivity contribution in [3.63, 3.8) is 0 Å². The lowest BCUT2D eigenvalue weighted by molar-refractivity contribution is 0.619. The third kappa shape index (κ3) is 2.11. The molecule has 0 spiro atoms. The summed E-state index contributed by atoms with van der Waals surface area (Å²) in [4.78, 5) is 3.47. The van der Waals surface area contributed by atoms with Crippen LogP contribution in [0.2, 0.25) is 0 Å². The molecular formula is C11H9FS2. The summed E-state index contributed by atoms with van der Waals surface area (Å²) in [7, 11) is 0. The summed E-state index contributed by atoms with van der Waals surface area (Å²) in [6.07, 6.45) is 0.343. The van der Waals surface area contributed by atoms with Gasteiger partial charge in [0.15, 0.2) is 0 Å². The van der Waals surface area contributed by atoms with Gasteiger partial charge < -0.3 is 0 Å². The van der Waals surface area contributed by atoms with Crippen molar-refractivity contribution in [1.82, 2.24) is 0 Å². The lowest BCUT2D eigenvalue weighted by atomic mass is 10.3. The molecule has 0 unspecified atom stereocenters. The van der Waals surface area contributed by atoms with Crippen molar-refractivity contribution < 1.29 is 4.39 Å². The van der Waals surface area contributed by atoms with Crippen molar-refractivity contribution >= 4 is 22.7 Å². The van der Waals surface area contributed by atoms with Gasteiger partial charge in [-0.15, -0.1) is 22.7 Å². The van der Waals surface area contributed by atoms with Crippen LogP contribution in [0.25, 0.3) is 9.75 Å². The maximum atomic E-state index is 12.6. The van der Waals surface area contributed by atoms with Crippen LogP contribution in [0.1, 0.15) is 4.88 Å². The molecule has 0 atom stereocenters. The monoisotopic (exact) mass is 224 g/mol. The highest BCUT2D eigenvalue weighted by Crippen LogP contribution is 2.32. The minimum atomic E-state index is -0.274. The van der Waals surface area contributed by atoms with Gasteiger partial charge >= 0.3 is 0 Å². The first-order valence-electron chi connectivity index (χ1n) is 4.21. The number of thiophene rings is 2. The molecule has 14 heavy (non-hydrogen) atoms. The first-order valence-corrected chi connectivity index (χ1v) is 5.91. The Hall–Kier alpha value is -0.930. The fourth-order valence-electron chi connectivity index (χ4n) is 1.21. The Bertz CT molecular complexity index is 426. The summed E-state index contributed by atoms with van der Waals surface area (Å²) in [5, 5.41) is 2.04. The molecule has 0 fully saturated rings. The van der Waals surface area contributed by atoms with Gasteiger partial charge in [-0.3, -0.25) is 0 Å². The highest BCUT2D eigenvalue weighted by Gasteiger charge is 2.04. The molecular weight excluding hydrogens is 215 g/mol. The molecule has 0 radical (unpaired) electrons. The molecule has 0 nitrogen and oxygen atoms in total. The summed E-state index contributed by atoms with van der Waals surface area (Å²) in [6, 6.07) is 8.09. The Morgan fingerprint density at radius 1 is 1.29 bits per heavy atom. The van der Waals surface area contributed by atoms with Crippen LogP contribution in [0.4, 0.5) is 4.39 Å². The van der Waals surface area contributed by atoms with Gasteiger partial charge in [-0.05, 0) is 23.6 Å². The lowest BCUT2D eigenvalue weighted by Crippen LogP contribution is -1.75. The molecule has 0 saturated heterocycles. The Morgan fingerprint density at radius 2 is 2.14 bits per heavy atom. The highest BCUT2D eigenvalue weighted by atomic mass is 32.1. The fourth-order valence-corrected chi connectivity index (χ4v) is 3.08. The van der Waals surface area contributed by atoms with Crippen molar-refractivity contribution in [3.8, 4) is 9.75 Å². The van der Waals surface area contributed by atoms with E-state index in [0.29, 0.717) is 6.42 Å². The quantitative estimate of drug-likeness (QED) is 0.720. The Labute approximate surface area is 90.3 Å². The number of hydrogen-bond donors (Lipinski definition) is 0. The zero-order valence-electron chi connectivity index (χ0n) is 7.50. The van der Waals surface area contributed by atoms with Crippen LogP contribution in [0.5, 0.6) is 0 Å². The van der Waals surface area contributed by atoms with Crippen molar-refractivity contribution in [2.45, 2.75) is 6.42 Å². The Kier molecular flexibility index (Phi) is 2.79. The van der Waals surface area contributed by atoms with Crippen LogP contribution >= 0.6 is 22.7 Å². The van der Waals surface area contributed by atoms with E-state index in [1.165, 1.54) is 9.75 Å². The molecule has 0 bridgehead atoms. The van der Waals surface area contributed by atoms with Gasteiger partial charge in [-0.1, -0.05) is 12.6 Å². The first kappa shape index (κ1) is 9.62. The van der Waals surface area contributed by atoms with Crippen molar-refractivity contribution in [2.24, 2.45) is 0 Å². The minimum Gasteiger partial charge on any atom is -0.212 e. The zero-order chi connectivity index (χ0) is 9.97. The fraction of sp³-hybridized carbons (Fsp3) is 0.0909. The molecule has 0 N–H and O–H groups in total. The predicted molar refractivity (Wildman–Crippen MR) is 61.6 cm³/mol. The second kappa shape index (κ2) is 4.07. The summed E-state index contributed by atoms with van der Waals surface area (Å²) in [6.45, 7) is 3.27. The molecule has 72 valence electrons. The van der Waals surface area contributed by atoms with E-state index < -0.39 is 0 Å². The summed E-state index contributed by atoms with van der Waals surface area (Å²) in [5.41, 5.74) is 0. The largest absolute Gasteiger partial charge is 0.212 e. The third-order valence-electron chi connectivity index (χ3n) is 1.79. The number of rotatable bonds is 3. The van der Waals surface area contributed by atoms with E-state index in [1.807, 2.05) is 23.6 Å². The maximum absolute atomic E-state index is 12.6. The summed E-state index contributed by atoms with van der Waals surface area (Å²) in [5.74, 6) is -0.274. The number of hydrogen-bond acceptors (Lipinski definition) is 2. The van der Waals surface area contributed by atoms with Crippen LogP contribution in [-0.4, -0.2) is 0 Å². The SMILES string of the molecule is C=C(F)Cc1ccc(-c2cccs2)s1. The summed E-state index contributed by atoms with van der Waals surface area (Å²) < 4.78 is 12.6. The molecule has 0 aliphatic heterocycles. The zero-order valence-corrected chi connectivity index (χ0v) is 9.13. The topological polar surface area (TPSA) is 0 Å². The van der Waals surface area contributed by atoms with Gasteiger partial charge in [0.2, 0.25) is 0 Å². The third-order valence-corrected chi connectivity index (χ3v) is 3.94. The van der Waals surface area contributed by atoms with Crippen LogP contribution in [0, 0.1) is 0 Å². The Morgan fingerprint density at radius 3 is 2.79 bits per heavy atom. The molecule has 0 aliphatic rings. The number of allylic oxidation sites excluding steroid dienone is 1. The van der Waals surface area contributed by atoms with Crippen LogP contribution in [0.15, 0.2) is 42.1 Å². The van der Waals surface area contributed by atoms with Crippen molar-refractivity contribution in [3.05, 3.63) is 46.9 Å². The van der Waals surface area contributed by atoms with Crippen molar-refractivity contribution in [1.29, 1.82) is 0 Å². The van der Waals surface area contributed by atoms with E-state index in [4.69, 9.17) is 0 Å². The smallest absolute Gasteiger partial charge is 0.0980 e. The average molecular weight is 224 g/mol. The molecule has 2 aromatic heterocycles. The minimum absolute atomic E-state index is 0.274. The van der Waals surface area contributed by atoms with Crippen LogP contribution in [-0.2, 0) is 6.42 Å². The molecule has 0 amide bonds. The summed E-state index contributed by atoms with van der Waals surface area (Å²) >= 11 is 3.33. The molecule has 2 heterocycles. The van der Waals surface area contributed by atoms with E-state index in [1.54, 1.807) is 22.7 Å². The van der Waals surface area contributed by atoms with E-state index in [2.05, 4.69) is 12.6 Å². The van der Waals surface area contributed by atoms with Crippen molar-refractivity contribution in [2.75, 3.05) is 0 Å². The molecule has 0 aliphatic carbocycles. The van der Waals surface area contributed by atoms with Crippen LogP contribution in [0.3, 0.4) is 0 Å². The van der Waals surface area contributed by atoms with Gasteiger partial charge in [0.05, 0.1) is 5.83 Å². The molecule has 0 aromatic carbocycles. The van der Waals surface area contributed by atoms with Gasteiger partial charge in [-0.2, -0.15) is 0 Å². The van der Waals surface area contributed by atoms with Gasteiger partial charge in [0, 0.05) is 21.1 Å². The van der Waals surface area contributed by atoms with Gasteiger partial charge in [-0.25, -0.2) is 4.39 Å². The molecule has 3 heteroatoms. The molecule has 2 aromatic rings. The standard InChI is InChI=1S/C11H9FS2/c1-8(12)7-9-4-5-11(14-9)10-3-2-6-13-10/h2-6H,1,7H2. The van der Waals surface area contributed by atoms with Gasteiger partial charge in [0.25, 0.3) is 0 Å². The van der Waals surface area contributed by atoms with Gasteiger partial charge in [0.1, 0.15) is 0 Å². The van der Waals surface area contributed by atoms with E-state index in [9.17, 15) is 4.39 Å². The molecule has 2 rings (SSSR count). The Balaban J connectivity index is 2.22. The highest BCUT2D eigenvalue weighted by molar-refractivity contribution is 7.21. The second-order valence-corrected chi connectivity index (χ2v) is 5.05. The number of halogens is 1. The molecule has 0 saturated carbocycles. The predicted octanol–water partition coefficient (Wildman–Crippen LogP) is 4.50. The maximum Gasteiger partial charge on any atom is 0.0980 e. The lowest BCUT2D eigenvalue weighted by Gasteiger charge is -1.90. The first-order chi connectivity index (χ1) is 6.75. The normalized spacial score (nSPS) is 10.4. The van der Waals surface area contributed by atoms with Crippen LogP contribution < -0.4 is 0 Å². The average Bonchev–Trinajstić information content (AvgIpc) is 2.69. The van der Waals surface area contributed by atoms with E-state index in [-0.39, 0.29) is 5.83 Å².